The average Bonchev–Trinajstić information content (AvgIpc) is 3.27. The molecule has 3 aromatic heterocycles. The monoisotopic (exact) mass is 533 g/mol. The van der Waals surface area contributed by atoms with Gasteiger partial charge in [0.1, 0.15) is 11.1 Å². The number of aromatic nitrogens is 4. The van der Waals surface area contributed by atoms with Crippen LogP contribution in [-0.2, 0) is 11.2 Å². The van der Waals surface area contributed by atoms with Gasteiger partial charge in [-0.15, -0.1) is 5.10 Å². The first-order chi connectivity index (χ1) is 18.5. The number of nitrogens with zero attached hydrogens (tertiary/aromatic N) is 6. The minimum absolute atomic E-state index is 0.199. The predicted octanol–water partition coefficient (Wildman–Crippen LogP) is 4.60. The van der Waals surface area contributed by atoms with Crippen LogP contribution in [0.2, 0.25) is 0 Å². The number of imidazole rings is 1. The molecular weight excluding hydrogens is 501 g/mol. The first kappa shape index (κ1) is 26.3. The van der Waals surface area contributed by atoms with Gasteiger partial charge in [-0.2, -0.15) is 5.10 Å². The number of anilines is 2. The van der Waals surface area contributed by atoms with Gasteiger partial charge in [0.15, 0.2) is 11.5 Å². The number of hydrogen-bond acceptors (Lipinski definition) is 7. The summed E-state index contributed by atoms with van der Waals surface area (Å²) in [6.07, 6.45) is 3.68. The Kier molecular flexibility index (Phi) is 6.83. The second-order valence-electron chi connectivity index (χ2n) is 10.7. The number of halogens is 1. The molecular formula is C28H32FN7O3. The Bertz CT molecular complexity index is 1570. The Hall–Kier alpha value is -4.28. The minimum atomic E-state index is -0.550. The number of amides is 2. The summed E-state index contributed by atoms with van der Waals surface area (Å²) in [4.78, 5) is 33.9. The highest BCUT2D eigenvalue weighted by Crippen LogP contribution is 2.30. The molecule has 0 aliphatic carbocycles. The van der Waals surface area contributed by atoms with Crippen molar-refractivity contribution in [3.8, 4) is 0 Å². The predicted molar refractivity (Wildman–Crippen MR) is 147 cm³/mol. The molecule has 1 N–H and O–H groups in total. The molecule has 2 amide bonds. The molecule has 4 heterocycles. The maximum Gasteiger partial charge on any atom is 0.410 e. The fraction of sp³-hybridized carbons (Fsp3) is 0.393. The van der Waals surface area contributed by atoms with E-state index in [1.165, 1.54) is 6.07 Å². The summed E-state index contributed by atoms with van der Waals surface area (Å²) in [5, 5.41) is 12.3. The van der Waals surface area contributed by atoms with Crippen LogP contribution in [0.3, 0.4) is 0 Å². The average molecular weight is 534 g/mol. The van der Waals surface area contributed by atoms with Gasteiger partial charge in [0.05, 0.1) is 22.6 Å². The number of pyridine rings is 1. The van der Waals surface area contributed by atoms with Crippen molar-refractivity contribution >= 4 is 39.9 Å². The quantitative estimate of drug-likeness (QED) is 0.409. The summed E-state index contributed by atoms with van der Waals surface area (Å²) in [5.41, 5.74) is 3.13. The second-order valence-corrected chi connectivity index (χ2v) is 10.7. The van der Waals surface area contributed by atoms with E-state index in [1.807, 2.05) is 39.8 Å². The number of piperazine rings is 1. The molecule has 1 aromatic carbocycles. The largest absolute Gasteiger partial charge is 0.444 e. The molecule has 1 saturated heterocycles. The van der Waals surface area contributed by atoms with Crippen LogP contribution in [0.15, 0.2) is 36.7 Å². The van der Waals surface area contributed by atoms with Gasteiger partial charge in [0.2, 0.25) is 0 Å². The summed E-state index contributed by atoms with van der Waals surface area (Å²) in [7, 11) is 0. The summed E-state index contributed by atoms with van der Waals surface area (Å²) >= 11 is 0. The normalized spacial score (nSPS) is 14.2. The molecule has 0 spiro atoms. The van der Waals surface area contributed by atoms with E-state index in [4.69, 9.17) is 4.74 Å². The van der Waals surface area contributed by atoms with Gasteiger partial charge in [0, 0.05) is 55.7 Å². The molecule has 1 aliphatic heterocycles. The highest BCUT2D eigenvalue weighted by Gasteiger charge is 2.27. The van der Waals surface area contributed by atoms with Gasteiger partial charge in [-0.05, 0) is 52.3 Å². The molecule has 0 saturated carbocycles. The van der Waals surface area contributed by atoms with Crippen LogP contribution in [0.1, 0.15) is 49.4 Å². The van der Waals surface area contributed by atoms with Crippen LogP contribution in [0, 0.1) is 12.7 Å². The topological polar surface area (TPSA) is 105 Å². The smallest absolute Gasteiger partial charge is 0.410 e. The maximum atomic E-state index is 14.6. The molecule has 0 atom stereocenters. The molecule has 1 fully saturated rings. The molecule has 10 nitrogen and oxygen atoms in total. The van der Waals surface area contributed by atoms with Crippen LogP contribution in [-0.4, -0.2) is 68.3 Å². The molecule has 0 radical (unpaired) electrons. The van der Waals surface area contributed by atoms with Crippen LogP contribution in [0.25, 0.3) is 16.6 Å². The van der Waals surface area contributed by atoms with Crippen molar-refractivity contribution in [2.75, 3.05) is 36.4 Å². The molecule has 0 bridgehead atoms. The third kappa shape index (κ3) is 5.47. The van der Waals surface area contributed by atoms with Crippen LogP contribution < -0.4 is 10.2 Å². The Morgan fingerprint density at radius 3 is 2.51 bits per heavy atom. The number of aryl methyl sites for hydroxylation is 2. The first-order valence-corrected chi connectivity index (χ1v) is 13.0. The first-order valence-electron chi connectivity index (χ1n) is 13.0. The van der Waals surface area contributed by atoms with Crippen molar-refractivity contribution in [3.05, 3.63) is 59.4 Å². The number of hydrogen-bond donors (Lipinski definition) is 1. The molecule has 4 aromatic rings. The number of fused-ring (bicyclic) bond motifs is 2. The summed E-state index contributed by atoms with van der Waals surface area (Å²) in [6, 6.07) is 6.81. The zero-order valence-electron chi connectivity index (χ0n) is 22.8. The maximum absolute atomic E-state index is 14.6. The van der Waals surface area contributed by atoms with Crippen molar-refractivity contribution in [2.24, 2.45) is 0 Å². The lowest BCUT2D eigenvalue weighted by Crippen LogP contribution is -2.50. The van der Waals surface area contributed by atoms with Crippen molar-refractivity contribution in [1.82, 2.24) is 24.5 Å². The van der Waals surface area contributed by atoms with E-state index >= 15 is 0 Å². The van der Waals surface area contributed by atoms with E-state index < -0.39 is 17.3 Å². The third-order valence-corrected chi connectivity index (χ3v) is 6.55. The highest BCUT2D eigenvalue weighted by atomic mass is 19.1. The number of benzene rings is 1. The number of rotatable bonds is 4. The van der Waals surface area contributed by atoms with E-state index in [0.717, 1.165) is 16.8 Å². The zero-order valence-corrected chi connectivity index (χ0v) is 22.8. The van der Waals surface area contributed by atoms with Gasteiger partial charge in [-0.1, -0.05) is 6.92 Å². The van der Waals surface area contributed by atoms with Crippen molar-refractivity contribution in [2.45, 2.75) is 46.6 Å². The van der Waals surface area contributed by atoms with E-state index in [0.29, 0.717) is 55.1 Å². The molecule has 5 rings (SSSR count). The summed E-state index contributed by atoms with van der Waals surface area (Å²) in [6.45, 7) is 11.6. The Labute approximate surface area is 225 Å². The van der Waals surface area contributed by atoms with Crippen LogP contribution in [0.4, 0.5) is 20.6 Å². The van der Waals surface area contributed by atoms with Gasteiger partial charge < -0.3 is 24.3 Å². The van der Waals surface area contributed by atoms with Crippen molar-refractivity contribution < 1.29 is 18.7 Å². The fourth-order valence-electron chi connectivity index (χ4n) is 4.69. The van der Waals surface area contributed by atoms with E-state index in [1.54, 1.807) is 34.7 Å². The lowest BCUT2D eigenvalue weighted by molar-refractivity contribution is 0.0240. The van der Waals surface area contributed by atoms with Gasteiger partial charge in [0.25, 0.3) is 5.91 Å². The van der Waals surface area contributed by atoms with Gasteiger partial charge >= 0.3 is 6.09 Å². The molecule has 0 unspecified atom stereocenters. The molecule has 204 valence electrons. The number of nitrogens with one attached hydrogen (secondary N) is 1. The molecule has 1 aliphatic rings. The Morgan fingerprint density at radius 2 is 1.82 bits per heavy atom. The SMILES string of the molecule is CCc1cc2c(N3CCN(C(=O)OC(C)(C)C)CC3)ccc(C(=O)Nc3cc(F)c4nc(C)cn4c3)c2nn1. The van der Waals surface area contributed by atoms with Crippen LogP contribution >= 0.6 is 0 Å². The number of ether oxygens (including phenoxy) is 1. The molecule has 11 heteroatoms. The summed E-state index contributed by atoms with van der Waals surface area (Å²) in [5.74, 6) is -0.950. The van der Waals surface area contributed by atoms with Gasteiger partial charge in [-0.3, -0.25) is 4.79 Å². The molecule has 39 heavy (non-hydrogen) atoms. The second kappa shape index (κ2) is 10.1. The van der Waals surface area contributed by atoms with Gasteiger partial charge in [-0.25, -0.2) is 14.2 Å². The fourth-order valence-corrected chi connectivity index (χ4v) is 4.69. The minimum Gasteiger partial charge on any atom is -0.444 e. The van der Waals surface area contributed by atoms with E-state index in [-0.39, 0.29) is 11.7 Å². The summed E-state index contributed by atoms with van der Waals surface area (Å²) < 4.78 is 21.6. The highest BCUT2D eigenvalue weighted by molar-refractivity contribution is 6.13. The van der Waals surface area contributed by atoms with Crippen molar-refractivity contribution in [3.63, 3.8) is 0 Å². The number of carbonyl (C=O) groups excluding carboxylic acids is 2. The third-order valence-electron chi connectivity index (χ3n) is 6.55. The lowest BCUT2D eigenvalue weighted by Gasteiger charge is -2.37. The van der Waals surface area contributed by atoms with E-state index in [2.05, 4.69) is 25.4 Å². The number of carbonyl (C=O) groups is 2. The van der Waals surface area contributed by atoms with E-state index in [9.17, 15) is 14.0 Å². The van der Waals surface area contributed by atoms with Crippen molar-refractivity contribution in [1.29, 1.82) is 0 Å². The zero-order chi connectivity index (χ0) is 27.9. The standard InChI is InChI=1S/C28H32FN7O3/c1-6-18-13-21-23(34-9-11-35(12-10-34)27(38)39-28(3,4)5)8-7-20(24(21)33-32-18)26(37)31-19-14-22(29)25-30-17(2)15-36(25)16-19/h7-8,13-16H,6,9-12H2,1-5H3,(H,31,37). The Balaban J connectivity index is 1.42. The van der Waals surface area contributed by atoms with Crippen LogP contribution in [0.5, 0.6) is 0 Å². The lowest BCUT2D eigenvalue weighted by atomic mass is 10.0. The Morgan fingerprint density at radius 1 is 1.08 bits per heavy atom.